The van der Waals surface area contributed by atoms with E-state index in [1.54, 1.807) is 19.2 Å². The van der Waals surface area contributed by atoms with E-state index in [4.69, 9.17) is 0 Å². The van der Waals surface area contributed by atoms with E-state index in [0.717, 1.165) is 5.01 Å². The lowest BCUT2D eigenvalue weighted by molar-refractivity contribution is 0.0595. The van der Waals surface area contributed by atoms with Gasteiger partial charge in [-0.1, -0.05) is 0 Å². The van der Waals surface area contributed by atoms with Gasteiger partial charge in [0.15, 0.2) is 15.7 Å². The van der Waals surface area contributed by atoms with Crippen LogP contribution in [0.2, 0.25) is 0 Å². The first kappa shape index (κ1) is 13.8. The van der Waals surface area contributed by atoms with Crippen LogP contribution >= 0.6 is 22.7 Å². The van der Waals surface area contributed by atoms with Gasteiger partial charge < -0.3 is 4.74 Å². The van der Waals surface area contributed by atoms with Gasteiger partial charge in [0.1, 0.15) is 6.67 Å². The molecule has 0 aromatic carbocycles. The highest BCUT2D eigenvalue weighted by Crippen LogP contribution is 2.31. The first-order chi connectivity index (χ1) is 9.15. The number of thiazole rings is 2. The average molecular weight is 298 g/mol. The summed E-state index contributed by atoms with van der Waals surface area (Å²) in [6, 6.07) is 0. The lowest BCUT2D eigenvalue weighted by Crippen LogP contribution is -2.03. The first-order valence-corrected chi connectivity index (χ1v) is 7.07. The standard InChI is InChI=1S/C12H11FN2O2S2/c1-7(6-13)5-8-9(12(16)17-2)15-11(19-8)10-14-3-4-18-10/h3-5H,6H2,1-2H3/b7-5+. The fourth-order valence-corrected chi connectivity index (χ4v) is 3.11. The third kappa shape index (κ3) is 3.05. The van der Waals surface area contributed by atoms with Crippen molar-refractivity contribution in [2.24, 2.45) is 0 Å². The van der Waals surface area contributed by atoms with Gasteiger partial charge in [-0.2, -0.15) is 0 Å². The summed E-state index contributed by atoms with van der Waals surface area (Å²) in [6.45, 7) is 1.09. The topological polar surface area (TPSA) is 52.1 Å². The maximum atomic E-state index is 12.6. The summed E-state index contributed by atoms with van der Waals surface area (Å²) in [4.78, 5) is 20.6. The molecule has 0 bridgehead atoms. The molecule has 2 aromatic heterocycles. The molecule has 4 nitrogen and oxygen atoms in total. The molecular weight excluding hydrogens is 287 g/mol. The summed E-state index contributed by atoms with van der Waals surface area (Å²) >= 11 is 2.73. The Hall–Kier alpha value is -1.60. The Kier molecular flexibility index (Phi) is 4.39. The van der Waals surface area contributed by atoms with Crippen LogP contribution in [0.5, 0.6) is 0 Å². The second kappa shape index (κ2) is 6.03. The molecule has 0 saturated heterocycles. The van der Waals surface area contributed by atoms with Gasteiger partial charge >= 0.3 is 5.97 Å². The molecule has 0 fully saturated rings. The van der Waals surface area contributed by atoms with Gasteiger partial charge in [-0.25, -0.2) is 19.2 Å². The van der Waals surface area contributed by atoms with Gasteiger partial charge in [0.25, 0.3) is 0 Å². The molecule has 7 heteroatoms. The maximum Gasteiger partial charge on any atom is 0.358 e. The van der Waals surface area contributed by atoms with Crippen LogP contribution < -0.4 is 0 Å². The number of carbonyl (C=O) groups excluding carboxylic acids is 1. The number of rotatable bonds is 4. The van der Waals surface area contributed by atoms with Crippen LogP contribution in [0.1, 0.15) is 22.3 Å². The molecule has 2 rings (SSSR count). The van der Waals surface area contributed by atoms with Crippen molar-refractivity contribution in [1.82, 2.24) is 9.97 Å². The van der Waals surface area contributed by atoms with Crippen molar-refractivity contribution < 1.29 is 13.9 Å². The third-order valence-corrected chi connectivity index (χ3v) is 4.15. The molecule has 2 aromatic rings. The second-order valence-corrected chi connectivity index (χ2v) is 5.61. The Morgan fingerprint density at radius 1 is 1.53 bits per heavy atom. The smallest absolute Gasteiger partial charge is 0.358 e. The summed E-state index contributed by atoms with van der Waals surface area (Å²) in [5.74, 6) is -0.531. The van der Waals surface area contributed by atoms with E-state index in [2.05, 4.69) is 14.7 Å². The van der Waals surface area contributed by atoms with E-state index in [0.29, 0.717) is 15.5 Å². The van der Waals surface area contributed by atoms with Crippen molar-refractivity contribution in [3.63, 3.8) is 0 Å². The number of carbonyl (C=O) groups is 1. The van der Waals surface area contributed by atoms with Gasteiger partial charge in [0, 0.05) is 11.6 Å². The number of ether oxygens (including phenoxy) is 1. The van der Waals surface area contributed by atoms with Crippen molar-refractivity contribution >= 4 is 34.7 Å². The van der Waals surface area contributed by atoms with Crippen molar-refractivity contribution in [3.05, 3.63) is 27.7 Å². The van der Waals surface area contributed by atoms with Gasteiger partial charge in [0.05, 0.1) is 12.0 Å². The molecule has 0 amide bonds. The van der Waals surface area contributed by atoms with Gasteiger partial charge in [0.2, 0.25) is 0 Å². The van der Waals surface area contributed by atoms with Crippen LogP contribution in [0.25, 0.3) is 16.1 Å². The van der Waals surface area contributed by atoms with Gasteiger partial charge in [-0.05, 0) is 18.6 Å². The molecule has 100 valence electrons. The van der Waals surface area contributed by atoms with Gasteiger partial charge in [-0.3, -0.25) is 0 Å². The summed E-state index contributed by atoms with van der Waals surface area (Å²) in [6.07, 6.45) is 3.28. The highest BCUT2D eigenvalue weighted by Gasteiger charge is 2.19. The van der Waals surface area contributed by atoms with Crippen molar-refractivity contribution in [2.75, 3.05) is 13.8 Å². The largest absolute Gasteiger partial charge is 0.464 e. The van der Waals surface area contributed by atoms with E-state index in [1.165, 1.54) is 29.8 Å². The zero-order chi connectivity index (χ0) is 13.8. The lowest BCUT2D eigenvalue weighted by atomic mass is 10.2. The minimum Gasteiger partial charge on any atom is -0.464 e. The van der Waals surface area contributed by atoms with Crippen molar-refractivity contribution in [2.45, 2.75) is 6.92 Å². The monoisotopic (exact) mass is 298 g/mol. The fourth-order valence-electron chi connectivity index (χ4n) is 1.36. The van der Waals surface area contributed by atoms with Crippen LogP contribution in [0.3, 0.4) is 0 Å². The number of alkyl halides is 1. The molecular formula is C12H11FN2O2S2. The molecule has 0 saturated carbocycles. The number of methoxy groups -OCH3 is 1. The second-order valence-electron chi connectivity index (χ2n) is 3.69. The Balaban J connectivity index is 2.48. The summed E-state index contributed by atoms with van der Waals surface area (Å²) in [5, 5.41) is 3.19. The zero-order valence-corrected chi connectivity index (χ0v) is 12.0. The molecule has 0 aliphatic rings. The number of allylic oxidation sites excluding steroid dienone is 1. The molecule has 0 aliphatic carbocycles. The Morgan fingerprint density at radius 2 is 2.32 bits per heavy atom. The number of nitrogens with zero attached hydrogens (tertiary/aromatic N) is 2. The van der Waals surface area contributed by atoms with Crippen LogP contribution in [-0.2, 0) is 4.74 Å². The van der Waals surface area contributed by atoms with Crippen molar-refractivity contribution in [1.29, 1.82) is 0 Å². The Morgan fingerprint density at radius 3 is 2.89 bits per heavy atom. The minimum atomic E-state index is -0.564. The Bertz CT molecular complexity index is 605. The first-order valence-electron chi connectivity index (χ1n) is 5.38. The van der Waals surface area contributed by atoms with Crippen LogP contribution in [-0.4, -0.2) is 29.7 Å². The quantitative estimate of drug-likeness (QED) is 0.812. The van der Waals surface area contributed by atoms with E-state index in [-0.39, 0.29) is 5.69 Å². The van der Waals surface area contributed by atoms with Crippen LogP contribution in [0, 0.1) is 0 Å². The van der Waals surface area contributed by atoms with Crippen LogP contribution in [0.4, 0.5) is 4.39 Å². The average Bonchev–Trinajstić information content (AvgIpc) is 3.06. The Labute approximate surface area is 117 Å². The van der Waals surface area contributed by atoms with E-state index in [1.807, 2.05) is 5.38 Å². The number of halogens is 1. The maximum absolute atomic E-state index is 12.6. The highest BCUT2D eigenvalue weighted by atomic mass is 32.1. The molecule has 0 spiro atoms. The predicted molar refractivity (Wildman–Crippen MR) is 74.2 cm³/mol. The predicted octanol–water partition coefficient (Wildman–Crippen LogP) is 3.43. The van der Waals surface area contributed by atoms with E-state index in [9.17, 15) is 9.18 Å². The molecule has 2 heterocycles. The normalized spacial score (nSPS) is 11.6. The molecule has 0 radical (unpaired) electrons. The summed E-state index contributed by atoms with van der Waals surface area (Å²) in [7, 11) is 1.29. The molecule has 19 heavy (non-hydrogen) atoms. The number of aromatic nitrogens is 2. The van der Waals surface area contributed by atoms with Gasteiger partial charge in [-0.15, -0.1) is 22.7 Å². The molecule has 0 atom stereocenters. The summed E-state index contributed by atoms with van der Waals surface area (Å²) in [5.41, 5.74) is 0.727. The number of esters is 1. The number of hydrogen-bond donors (Lipinski definition) is 0. The molecule has 0 unspecified atom stereocenters. The molecule has 0 N–H and O–H groups in total. The van der Waals surface area contributed by atoms with E-state index >= 15 is 0 Å². The third-order valence-electron chi connectivity index (χ3n) is 2.24. The molecule has 0 aliphatic heterocycles. The van der Waals surface area contributed by atoms with E-state index < -0.39 is 12.6 Å². The zero-order valence-electron chi connectivity index (χ0n) is 10.3. The van der Waals surface area contributed by atoms with Crippen molar-refractivity contribution in [3.8, 4) is 10.0 Å². The lowest BCUT2D eigenvalue weighted by Gasteiger charge is -1.96. The summed E-state index contributed by atoms with van der Waals surface area (Å²) < 4.78 is 17.2. The fraction of sp³-hybridized carbons (Fsp3) is 0.250. The van der Waals surface area contributed by atoms with Crippen LogP contribution in [0.15, 0.2) is 17.2 Å². The highest BCUT2D eigenvalue weighted by molar-refractivity contribution is 7.21. The SMILES string of the molecule is COC(=O)c1nc(-c2nccs2)sc1/C=C(\C)CF. The minimum absolute atomic E-state index is 0.200. The number of hydrogen-bond acceptors (Lipinski definition) is 6.